The Morgan fingerprint density at radius 3 is 2.50 bits per heavy atom. The quantitative estimate of drug-likeness (QED) is 0.409. The minimum absolute atomic E-state index is 0.169. The molecule has 136 valence electrons. The molecule has 9 heteroatoms. The number of hydrogen-bond acceptors (Lipinski definition) is 5. The highest BCUT2D eigenvalue weighted by molar-refractivity contribution is 7.98. The van der Waals surface area contributed by atoms with Crippen molar-refractivity contribution in [1.82, 2.24) is 16.0 Å². The largest absolute Gasteiger partial charge is 0.368 e. The first-order chi connectivity index (χ1) is 11.4. The third kappa shape index (κ3) is 6.38. The maximum absolute atomic E-state index is 12.4. The Kier molecular flexibility index (Phi) is 8.59. The molecule has 0 saturated carbocycles. The van der Waals surface area contributed by atoms with Gasteiger partial charge in [0.15, 0.2) is 0 Å². The molecular formula is C15H26N4O4S. The van der Waals surface area contributed by atoms with Crippen LogP contribution in [-0.2, 0) is 19.2 Å². The summed E-state index contributed by atoms with van der Waals surface area (Å²) in [5.74, 6) is -0.888. The van der Waals surface area contributed by atoms with Crippen LogP contribution in [0.5, 0.6) is 0 Å². The topological polar surface area (TPSA) is 130 Å². The molecule has 0 aromatic carbocycles. The zero-order chi connectivity index (χ0) is 18.1. The Labute approximate surface area is 146 Å². The first-order valence-electron chi connectivity index (χ1n) is 8.07. The highest BCUT2D eigenvalue weighted by atomic mass is 32.2. The summed E-state index contributed by atoms with van der Waals surface area (Å²) in [6, 6.07) is -2.11. The number of primary amides is 1. The van der Waals surface area contributed by atoms with Gasteiger partial charge in [-0.15, -0.1) is 0 Å². The Morgan fingerprint density at radius 1 is 1.29 bits per heavy atom. The summed E-state index contributed by atoms with van der Waals surface area (Å²) in [6.45, 7) is 1.89. The molecule has 1 rings (SSSR count). The predicted molar refractivity (Wildman–Crippen MR) is 92.1 cm³/mol. The van der Waals surface area contributed by atoms with Gasteiger partial charge >= 0.3 is 0 Å². The van der Waals surface area contributed by atoms with Crippen molar-refractivity contribution in [3.8, 4) is 0 Å². The number of hydrogen-bond donors (Lipinski definition) is 4. The van der Waals surface area contributed by atoms with Crippen molar-refractivity contribution in [2.75, 3.05) is 12.0 Å². The summed E-state index contributed by atoms with van der Waals surface area (Å²) in [7, 11) is 0. The molecule has 0 bridgehead atoms. The Balaban J connectivity index is 2.64. The van der Waals surface area contributed by atoms with Crippen LogP contribution in [0, 0.1) is 0 Å². The lowest BCUT2D eigenvalue weighted by Gasteiger charge is -2.22. The van der Waals surface area contributed by atoms with Crippen LogP contribution in [0.3, 0.4) is 0 Å². The van der Waals surface area contributed by atoms with E-state index in [4.69, 9.17) is 5.73 Å². The van der Waals surface area contributed by atoms with Gasteiger partial charge in [0.25, 0.3) is 0 Å². The average molecular weight is 358 g/mol. The molecule has 8 nitrogen and oxygen atoms in total. The van der Waals surface area contributed by atoms with E-state index in [1.165, 1.54) is 0 Å². The van der Waals surface area contributed by atoms with Gasteiger partial charge in [0.2, 0.25) is 23.6 Å². The second-order valence-electron chi connectivity index (χ2n) is 5.75. The van der Waals surface area contributed by atoms with Crippen molar-refractivity contribution in [3.05, 3.63) is 0 Å². The molecule has 1 aliphatic rings. The summed E-state index contributed by atoms with van der Waals surface area (Å²) in [5, 5.41) is 7.84. The van der Waals surface area contributed by atoms with Crippen LogP contribution in [0.2, 0.25) is 0 Å². The zero-order valence-corrected chi connectivity index (χ0v) is 14.9. The predicted octanol–water partition coefficient (Wildman–Crippen LogP) is -0.727. The summed E-state index contributed by atoms with van der Waals surface area (Å²) in [4.78, 5) is 47.2. The third-order valence-electron chi connectivity index (χ3n) is 3.79. The molecule has 0 unspecified atom stereocenters. The molecule has 1 fully saturated rings. The van der Waals surface area contributed by atoms with E-state index in [2.05, 4.69) is 16.0 Å². The van der Waals surface area contributed by atoms with Crippen LogP contribution < -0.4 is 21.7 Å². The van der Waals surface area contributed by atoms with Crippen LogP contribution in [0.1, 0.15) is 39.0 Å². The van der Waals surface area contributed by atoms with E-state index in [0.717, 1.165) is 0 Å². The Morgan fingerprint density at radius 2 is 2.00 bits per heavy atom. The summed E-state index contributed by atoms with van der Waals surface area (Å²) >= 11 is 1.55. The van der Waals surface area contributed by atoms with Gasteiger partial charge in [-0.25, -0.2) is 0 Å². The number of nitrogens with one attached hydrogen (secondary N) is 3. The molecule has 1 heterocycles. The van der Waals surface area contributed by atoms with E-state index in [-0.39, 0.29) is 11.8 Å². The molecular weight excluding hydrogens is 332 g/mol. The standard InChI is InChI=1S/C15H26N4O4S/c1-3-4-10(19-15(23)11-5-6-12(20)17-11)14(22)18-9(13(16)21)7-8-24-2/h9-11H,3-8H2,1-2H3,(H2,16,21)(H,17,20)(H,18,22)(H,19,23)/t9-,10+,11+/m1/s1. The Hall–Kier alpha value is -1.77. The van der Waals surface area contributed by atoms with E-state index < -0.39 is 29.9 Å². The maximum atomic E-state index is 12.4. The number of nitrogens with two attached hydrogens (primary N) is 1. The van der Waals surface area contributed by atoms with Crippen molar-refractivity contribution in [3.63, 3.8) is 0 Å². The number of thioether (sulfide) groups is 1. The van der Waals surface area contributed by atoms with Gasteiger partial charge in [-0.3, -0.25) is 19.2 Å². The molecule has 1 aliphatic heterocycles. The molecule has 24 heavy (non-hydrogen) atoms. The van der Waals surface area contributed by atoms with E-state index in [1.807, 2.05) is 13.2 Å². The van der Waals surface area contributed by atoms with Crippen LogP contribution in [0.25, 0.3) is 0 Å². The summed E-state index contributed by atoms with van der Waals surface area (Å²) < 4.78 is 0. The summed E-state index contributed by atoms with van der Waals surface area (Å²) in [5.41, 5.74) is 5.32. The second kappa shape index (κ2) is 10.2. The highest BCUT2D eigenvalue weighted by Crippen LogP contribution is 2.08. The van der Waals surface area contributed by atoms with Gasteiger partial charge in [0.1, 0.15) is 18.1 Å². The summed E-state index contributed by atoms with van der Waals surface area (Å²) in [6.07, 6.45) is 4.18. The second-order valence-corrected chi connectivity index (χ2v) is 6.74. The highest BCUT2D eigenvalue weighted by Gasteiger charge is 2.31. The number of rotatable bonds is 10. The van der Waals surface area contributed by atoms with Gasteiger partial charge in [-0.1, -0.05) is 13.3 Å². The maximum Gasteiger partial charge on any atom is 0.243 e. The van der Waals surface area contributed by atoms with Crippen molar-refractivity contribution in [2.24, 2.45) is 5.73 Å². The molecule has 0 radical (unpaired) electrons. The van der Waals surface area contributed by atoms with E-state index in [1.54, 1.807) is 11.8 Å². The fourth-order valence-corrected chi connectivity index (χ4v) is 2.91. The van der Waals surface area contributed by atoms with E-state index in [9.17, 15) is 19.2 Å². The number of amides is 4. The van der Waals surface area contributed by atoms with Gasteiger partial charge in [0.05, 0.1) is 0 Å². The molecule has 0 aliphatic carbocycles. The van der Waals surface area contributed by atoms with Crippen LogP contribution in [0.4, 0.5) is 0 Å². The minimum atomic E-state index is -0.757. The van der Waals surface area contributed by atoms with Crippen molar-refractivity contribution in [1.29, 1.82) is 0 Å². The molecule has 0 aromatic heterocycles. The Bertz CT molecular complexity index is 486. The van der Waals surface area contributed by atoms with Gasteiger partial charge in [-0.05, 0) is 31.3 Å². The third-order valence-corrected chi connectivity index (χ3v) is 4.44. The van der Waals surface area contributed by atoms with Gasteiger partial charge in [0, 0.05) is 6.42 Å². The lowest BCUT2D eigenvalue weighted by Crippen LogP contribution is -2.55. The first-order valence-corrected chi connectivity index (χ1v) is 9.46. The molecule has 0 aromatic rings. The van der Waals surface area contributed by atoms with E-state index >= 15 is 0 Å². The average Bonchev–Trinajstić information content (AvgIpc) is 2.97. The minimum Gasteiger partial charge on any atom is -0.368 e. The molecule has 5 N–H and O–H groups in total. The SMILES string of the molecule is CCC[C@H](NC(=O)[C@@H]1CCC(=O)N1)C(=O)N[C@H](CCSC)C(N)=O. The fraction of sp³-hybridized carbons (Fsp3) is 0.733. The smallest absolute Gasteiger partial charge is 0.243 e. The number of carbonyl (C=O) groups excluding carboxylic acids is 4. The van der Waals surface area contributed by atoms with Crippen LogP contribution in [-0.4, -0.2) is 53.8 Å². The van der Waals surface area contributed by atoms with Crippen LogP contribution in [0.15, 0.2) is 0 Å². The van der Waals surface area contributed by atoms with Crippen molar-refractivity contribution >= 4 is 35.4 Å². The first kappa shape index (κ1) is 20.3. The van der Waals surface area contributed by atoms with Crippen LogP contribution >= 0.6 is 11.8 Å². The molecule has 4 amide bonds. The van der Waals surface area contributed by atoms with Gasteiger partial charge < -0.3 is 21.7 Å². The molecule has 1 saturated heterocycles. The van der Waals surface area contributed by atoms with Crippen molar-refractivity contribution in [2.45, 2.75) is 57.2 Å². The zero-order valence-electron chi connectivity index (χ0n) is 14.1. The fourth-order valence-electron chi connectivity index (χ4n) is 2.43. The lowest BCUT2D eigenvalue weighted by molar-refractivity contribution is -0.132. The monoisotopic (exact) mass is 358 g/mol. The normalized spacial score (nSPS) is 19.2. The van der Waals surface area contributed by atoms with E-state index in [0.29, 0.717) is 37.9 Å². The lowest BCUT2D eigenvalue weighted by atomic mass is 10.1. The molecule has 0 spiro atoms. The molecule has 3 atom stereocenters. The number of carbonyl (C=O) groups is 4. The van der Waals surface area contributed by atoms with Crippen molar-refractivity contribution < 1.29 is 19.2 Å². The van der Waals surface area contributed by atoms with Gasteiger partial charge in [-0.2, -0.15) is 11.8 Å².